The van der Waals surface area contributed by atoms with Gasteiger partial charge < -0.3 is 5.32 Å². The lowest BCUT2D eigenvalue weighted by Crippen LogP contribution is -2.05. The highest BCUT2D eigenvalue weighted by Gasteiger charge is 2.17. The first-order valence-corrected chi connectivity index (χ1v) is 9.01. The Labute approximate surface area is 157 Å². The minimum Gasteiger partial charge on any atom is -0.340 e. The van der Waals surface area contributed by atoms with Crippen molar-refractivity contribution in [3.8, 4) is 11.1 Å². The molecule has 1 N–H and O–H groups in total. The van der Waals surface area contributed by atoms with Gasteiger partial charge in [0.05, 0.1) is 5.69 Å². The highest BCUT2D eigenvalue weighted by molar-refractivity contribution is 5.81. The van der Waals surface area contributed by atoms with Crippen LogP contribution >= 0.6 is 0 Å². The predicted molar refractivity (Wildman–Crippen MR) is 107 cm³/mol. The molecular weight excluding hydrogens is 339 g/mol. The Balaban J connectivity index is 1.92. The molecule has 0 saturated carbocycles. The van der Waals surface area contributed by atoms with Crippen molar-refractivity contribution in [2.45, 2.75) is 26.7 Å². The highest BCUT2D eigenvalue weighted by atomic mass is 19.1. The van der Waals surface area contributed by atoms with Crippen LogP contribution in [0.15, 0.2) is 60.7 Å². The van der Waals surface area contributed by atoms with E-state index in [4.69, 9.17) is 10.1 Å². The van der Waals surface area contributed by atoms with Crippen LogP contribution in [0.3, 0.4) is 0 Å². The summed E-state index contributed by atoms with van der Waals surface area (Å²) in [5, 5.41) is 8.08. The summed E-state index contributed by atoms with van der Waals surface area (Å²) in [6.45, 7) is 6.23. The monoisotopic (exact) mass is 360 g/mol. The van der Waals surface area contributed by atoms with E-state index in [0.29, 0.717) is 0 Å². The number of anilines is 2. The van der Waals surface area contributed by atoms with E-state index >= 15 is 0 Å². The molecule has 4 nitrogen and oxygen atoms in total. The second-order valence-electron chi connectivity index (χ2n) is 6.91. The van der Waals surface area contributed by atoms with Gasteiger partial charge in [-0.25, -0.2) is 9.37 Å². The molecular formula is C22H21FN4. The van der Waals surface area contributed by atoms with Gasteiger partial charge in [0, 0.05) is 23.0 Å². The summed E-state index contributed by atoms with van der Waals surface area (Å²) >= 11 is 0. The largest absolute Gasteiger partial charge is 0.340 e. The number of hydrogen-bond acceptors (Lipinski definition) is 3. The maximum atomic E-state index is 13.2. The van der Waals surface area contributed by atoms with Crippen LogP contribution in [0.4, 0.5) is 15.9 Å². The quantitative estimate of drug-likeness (QED) is 0.507. The number of nitrogens with one attached hydrogen (secondary N) is 1. The molecule has 0 bridgehead atoms. The first-order chi connectivity index (χ1) is 13.0. The number of hydrogen-bond donors (Lipinski definition) is 1. The van der Waals surface area contributed by atoms with E-state index in [2.05, 4.69) is 31.3 Å². The normalized spacial score (nSPS) is 11.3. The molecule has 2 heterocycles. The smallest absolute Gasteiger partial charge is 0.165 e. The van der Waals surface area contributed by atoms with Gasteiger partial charge in [-0.2, -0.15) is 9.61 Å². The zero-order valence-corrected chi connectivity index (χ0v) is 15.6. The van der Waals surface area contributed by atoms with Gasteiger partial charge in [-0.05, 0) is 42.7 Å². The Hall–Kier alpha value is -3.21. The Bertz CT molecular complexity index is 1080. The number of fused-ring (bicyclic) bond motifs is 1. The van der Waals surface area contributed by atoms with E-state index in [1.165, 1.54) is 12.1 Å². The number of aryl methyl sites for hydroxylation is 1. The molecule has 2 aromatic carbocycles. The van der Waals surface area contributed by atoms with E-state index in [1.54, 1.807) is 12.1 Å². The third kappa shape index (κ3) is 3.28. The van der Waals surface area contributed by atoms with Gasteiger partial charge in [-0.1, -0.05) is 44.2 Å². The van der Waals surface area contributed by atoms with E-state index < -0.39 is 0 Å². The zero-order chi connectivity index (χ0) is 19.0. The second-order valence-corrected chi connectivity index (χ2v) is 6.91. The first kappa shape index (κ1) is 17.2. The molecule has 136 valence electrons. The van der Waals surface area contributed by atoms with Crippen molar-refractivity contribution in [1.29, 1.82) is 0 Å². The average Bonchev–Trinajstić information content (AvgIpc) is 3.00. The molecule has 27 heavy (non-hydrogen) atoms. The Morgan fingerprint density at radius 2 is 1.70 bits per heavy atom. The SMILES string of the molecule is Cc1nn2c(Nc3ccc(F)cc3)cc(C(C)C)nc2c1-c1ccccc1. The molecule has 0 spiro atoms. The summed E-state index contributed by atoms with van der Waals surface area (Å²) in [6.07, 6.45) is 0. The average molecular weight is 360 g/mol. The van der Waals surface area contributed by atoms with Gasteiger partial charge in [0.2, 0.25) is 0 Å². The number of nitrogens with zero attached hydrogens (tertiary/aromatic N) is 3. The molecule has 0 aliphatic rings. The number of rotatable bonds is 4. The summed E-state index contributed by atoms with van der Waals surface area (Å²) in [6, 6.07) is 18.5. The van der Waals surface area contributed by atoms with Gasteiger partial charge in [-0.15, -0.1) is 0 Å². The van der Waals surface area contributed by atoms with Crippen molar-refractivity contribution in [2.24, 2.45) is 0 Å². The van der Waals surface area contributed by atoms with Crippen molar-refractivity contribution in [1.82, 2.24) is 14.6 Å². The third-order valence-electron chi connectivity index (χ3n) is 4.55. The fraction of sp³-hybridized carbons (Fsp3) is 0.182. The summed E-state index contributed by atoms with van der Waals surface area (Å²) in [4.78, 5) is 4.89. The van der Waals surface area contributed by atoms with Crippen LogP contribution in [0.25, 0.3) is 16.8 Å². The van der Waals surface area contributed by atoms with Crippen LogP contribution in [-0.2, 0) is 0 Å². The van der Waals surface area contributed by atoms with E-state index in [9.17, 15) is 4.39 Å². The molecule has 0 radical (unpaired) electrons. The van der Waals surface area contributed by atoms with Gasteiger partial charge in [0.25, 0.3) is 0 Å². The molecule has 2 aromatic heterocycles. The molecule has 4 rings (SSSR count). The zero-order valence-electron chi connectivity index (χ0n) is 15.6. The minimum atomic E-state index is -0.260. The van der Waals surface area contributed by atoms with Crippen LogP contribution in [0, 0.1) is 12.7 Å². The second kappa shape index (κ2) is 6.83. The van der Waals surface area contributed by atoms with Gasteiger partial charge in [-0.3, -0.25) is 0 Å². The van der Waals surface area contributed by atoms with E-state index in [1.807, 2.05) is 35.7 Å². The Kier molecular flexibility index (Phi) is 4.36. The minimum absolute atomic E-state index is 0.260. The maximum Gasteiger partial charge on any atom is 0.165 e. The van der Waals surface area contributed by atoms with Crippen LogP contribution in [-0.4, -0.2) is 14.6 Å². The molecule has 0 unspecified atom stereocenters. The van der Waals surface area contributed by atoms with Gasteiger partial charge in [0.1, 0.15) is 11.6 Å². The molecule has 0 fully saturated rings. The Morgan fingerprint density at radius 3 is 2.37 bits per heavy atom. The molecule has 4 aromatic rings. The van der Waals surface area contributed by atoms with E-state index in [0.717, 1.165) is 39.7 Å². The lowest BCUT2D eigenvalue weighted by molar-refractivity contribution is 0.628. The van der Waals surface area contributed by atoms with Crippen LogP contribution in [0.2, 0.25) is 0 Å². The lowest BCUT2D eigenvalue weighted by Gasteiger charge is -2.13. The van der Waals surface area contributed by atoms with Gasteiger partial charge >= 0.3 is 0 Å². The molecule has 0 atom stereocenters. The van der Waals surface area contributed by atoms with Crippen LogP contribution < -0.4 is 5.32 Å². The molecule has 0 aliphatic carbocycles. The van der Waals surface area contributed by atoms with E-state index in [-0.39, 0.29) is 11.7 Å². The third-order valence-corrected chi connectivity index (χ3v) is 4.55. The summed E-state index contributed by atoms with van der Waals surface area (Å²) in [5.41, 5.74) is 5.62. The van der Waals surface area contributed by atoms with Crippen molar-refractivity contribution in [3.05, 3.63) is 77.9 Å². The molecule has 5 heteroatoms. The Morgan fingerprint density at radius 1 is 1.00 bits per heavy atom. The maximum absolute atomic E-state index is 13.2. The first-order valence-electron chi connectivity index (χ1n) is 9.01. The van der Waals surface area contributed by atoms with Crippen LogP contribution in [0.5, 0.6) is 0 Å². The fourth-order valence-electron chi connectivity index (χ4n) is 3.15. The summed E-state index contributed by atoms with van der Waals surface area (Å²) in [7, 11) is 0. The molecule has 0 saturated heterocycles. The fourth-order valence-corrected chi connectivity index (χ4v) is 3.15. The van der Waals surface area contributed by atoms with Crippen LogP contribution in [0.1, 0.15) is 31.2 Å². The summed E-state index contributed by atoms with van der Waals surface area (Å²) in [5.74, 6) is 0.813. The molecule has 0 aliphatic heterocycles. The standard InChI is InChI=1S/C22H21FN4/c1-14(2)19-13-20(24-18-11-9-17(23)10-12-18)27-22(25-19)21(15(3)26-27)16-7-5-4-6-8-16/h4-14,24H,1-3H3. The molecule has 0 amide bonds. The predicted octanol–water partition coefficient (Wildman–Crippen LogP) is 5.71. The van der Waals surface area contributed by atoms with Crippen molar-refractivity contribution in [2.75, 3.05) is 5.32 Å². The highest BCUT2D eigenvalue weighted by Crippen LogP contribution is 2.31. The number of halogens is 1. The number of aromatic nitrogens is 3. The van der Waals surface area contributed by atoms with Gasteiger partial charge in [0.15, 0.2) is 5.65 Å². The lowest BCUT2D eigenvalue weighted by atomic mass is 10.1. The number of benzene rings is 2. The topological polar surface area (TPSA) is 42.2 Å². The van der Waals surface area contributed by atoms with Crippen molar-refractivity contribution >= 4 is 17.2 Å². The summed E-state index contributed by atoms with van der Waals surface area (Å²) < 4.78 is 15.1. The van der Waals surface area contributed by atoms with Crippen molar-refractivity contribution in [3.63, 3.8) is 0 Å². The van der Waals surface area contributed by atoms with Crippen molar-refractivity contribution < 1.29 is 4.39 Å².